The molecule has 1 aromatic carbocycles. The van der Waals surface area contributed by atoms with Crippen molar-refractivity contribution < 1.29 is 9.18 Å². The smallest absolute Gasteiger partial charge is 0.219 e. The summed E-state index contributed by atoms with van der Waals surface area (Å²) in [6.07, 6.45) is 4.38. The topological polar surface area (TPSA) is 89.1 Å². The van der Waals surface area contributed by atoms with Gasteiger partial charge in [-0.15, -0.1) is 0 Å². The molecule has 154 valence electrons. The summed E-state index contributed by atoms with van der Waals surface area (Å²) < 4.78 is 17.9. The molecule has 1 aliphatic rings. The number of aryl methyl sites for hydroxylation is 1. The molecule has 3 heterocycles. The van der Waals surface area contributed by atoms with Crippen LogP contribution < -0.4 is 10.6 Å². The second-order valence-corrected chi connectivity index (χ2v) is 7.64. The molecule has 4 aromatic rings. The van der Waals surface area contributed by atoms with Gasteiger partial charge in [-0.2, -0.15) is 9.61 Å². The van der Waals surface area contributed by atoms with Crippen molar-refractivity contribution in [1.82, 2.24) is 29.5 Å². The van der Waals surface area contributed by atoms with E-state index in [9.17, 15) is 9.18 Å². The zero-order chi connectivity index (χ0) is 20.8. The minimum absolute atomic E-state index is 0.119. The van der Waals surface area contributed by atoms with Gasteiger partial charge in [0.1, 0.15) is 5.82 Å². The third-order valence-corrected chi connectivity index (χ3v) is 5.30. The van der Waals surface area contributed by atoms with E-state index in [1.807, 2.05) is 17.7 Å². The van der Waals surface area contributed by atoms with E-state index in [4.69, 9.17) is 10.1 Å². The molecule has 0 radical (unpaired) electrons. The highest BCUT2D eigenvalue weighted by atomic mass is 19.1. The monoisotopic (exact) mass is 407 g/mol. The molecule has 0 spiro atoms. The van der Waals surface area contributed by atoms with E-state index in [0.29, 0.717) is 29.4 Å². The normalized spacial score (nSPS) is 13.8. The van der Waals surface area contributed by atoms with Crippen LogP contribution >= 0.6 is 0 Å². The Hall–Kier alpha value is -3.49. The first-order valence-corrected chi connectivity index (χ1v) is 10.1. The van der Waals surface area contributed by atoms with Crippen LogP contribution in [0, 0.1) is 5.82 Å². The van der Waals surface area contributed by atoms with Crippen molar-refractivity contribution in [3.63, 3.8) is 0 Å². The molecule has 1 fully saturated rings. The fraction of sp³-hybridized carbons (Fsp3) is 0.333. The van der Waals surface area contributed by atoms with Crippen LogP contribution in [-0.2, 0) is 18.4 Å². The number of rotatable bonds is 6. The molecular weight excluding hydrogens is 385 g/mol. The van der Waals surface area contributed by atoms with Crippen LogP contribution in [0.1, 0.15) is 31.7 Å². The molecule has 30 heavy (non-hydrogen) atoms. The van der Waals surface area contributed by atoms with Gasteiger partial charge in [0, 0.05) is 43.2 Å². The van der Waals surface area contributed by atoms with Crippen LogP contribution in [0.5, 0.6) is 0 Å². The average Bonchev–Trinajstić information content (AvgIpc) is 3.32. The van der Waals surface area contributed by atoms with Crippen molar-refractivity contribution in [1.29, 1.82) is 0 Å². The van der Waals surface area contributed by atoms with E-state index >= 15 is 0 Å². The molecule has 3 aromatic heterocycles. The van der Waals surface area contributed by atoms with E-state index in [-0.39, 0.29) is 18.3 Å². The first kappa shape index (κ1) is 18.5. The number of hydrogen-bond donors (Lipinski definition) is 2. The van der Waals surface area contributed by atoms with Crippen LogP contribution in [0.3, 0.4) is 0 Å². The summed E-state index contributed by atoms with van der Waals surface area (Å²) >= 11 is 0. The molecule has 0 unspecified atom stereocenters. The molecule has 2 N–H and O–H groups in total. The Morgan fingerprint density at radius 2 is 2.13 bits per heavy atom. The summed E-state index contributed by atoms with van der Waals surface area (Å²) in [5.41, 5.74) is 4.15. The summed E-state index contributed by atoms with van der Waals surface area (Å²) in [4.78, 5) is 20.8. The summed E-state index contributed by atoms with van der Waals surface area (Å²) in [6.45, 7) is 1.90. The largest absolute Gasteiger partial charge is 0.365 e. The number of hydrogen-bond acceptors (Lipinski definition) is 5. The maximum absolute atomic E-state index is 14.2. The van der Waals surface area contributed by atoms with Gasteiger partial charge in [0.15, 0.2) is 22.6 Å². The molecule has 1 aliphatic carbocycles. The number of nitrogens with zero attached hydrogens (tertiary/aromatic N) is 5. The van der Waals surface area contributed by atoms with Gasteiger partial charge in [0.05, 0.1) is 12.0 Å². The SMILES string of the molecule is CCC(=O)NCc1cc(-c2cc3nc(NC4CC4)c4ncn(C)c4n3n2)ccc1F. The van der Waals surface area contributed by atoms with Crippen LogP contribution in [-0.4, -0.2) is 36.1 Å². The van der Waals surface area contributed by atoms with Crippen molar-refractivity contribution in [3.05, 3.63) is 42.0 Å². The summed E-state index contributed by atoms with van der Waals surface area (Å²) in [5, 5.41) is 10.9. The minimum atomic E-state index is -0.359. The van der Waals surface area contributed by atoms with E-state index in [2.05, 4.69) is 15.6 Å². The Balaban J connectivity index is 1.57. The first-order chi connectivity index (χ1) is 14.5. The zero-order valence-electron chi connectivity index (χ0n) is 16.8. The highest BCUT2D eigenvalue weighted by Crippen LogP contribution is 2.30. The molecule has 5 rings (SSSR count). The first-order valence-electron chi connectivity index (χ1n) is 10.1. The van der Waals surface area contributed by atoms with Crippen LogP contribution in [0.2, 0.25) is 0 Å². The van der Waals surface area contributed by atoms with Gasteiger partial charge in [0.25, 0.3) is 0 Å². The average molecular weight is 407 g/mol. The number of nitrogens with one attached hydrogen (secondary N) is 2. The molecule has 1 saturated carbocycles. The predicted molar refractivity (Wildman–Crippen MR) is 111 cm³/mol. The maximum atomic E-state index is 14.2. The molecule has 9 heteroatoms. The number of benzene rings is 1. The number of aromatic nitrogens is 5. The molecule has 1 amide bonds. The number of imidazole rings is 1. The summed E-state index contributed by atoms with van der Waals surface area (Å²) in [6, 6.07) is 7.14. The lowest BCUT2D eigenvalue weighted by Crippen LogP contribution is -2.22. The molecular formula is C21H22FN7O. The Labute approximate surface area is 172 Å². The van der Waals surface area contributed by atoms with E-state index in [0.717, 1.165) is 35.4 Å². The Bertz CT molecular complexity index is 1270. The lowest BCUT2D eigenvalue weighted by Gasteiger charge is -2.07. The van der Waals surface area contributed by atoms with Crippen molar-refractivity contribution in [2.75, 3.05) is 5.32 Å². The number of fused-ring (bicyclic) bond motifs is 3. The second-order valence-electron chi connectivity index (χ2n) is 7.64. The summed E-state index contributed by atoms with van der Waals surface area (Å²) in [7, 11) is 1.92. The highest BCUT2D eigenvalue weighted by molar-refractivity contribution is 5.86. The fourth-order valence-electron chi connectivity index (χ4n) is 3.47. The molecule has 0 atom stereocenters. The Kier molecular flexibility index (Phi) is 4.38. The van der Waals surface area contributed by atoms with Crippen molar-refractivity contribution in [2.45, 2.75) is 38.8 Å². The van der Waals surface area contributed by atoms with E-state index in [1.165, 1.54) is 6.07 Å². The molecule has 0 bridgehead atoms. The van der Waals surface area contributed by atoms with E-state index in [1.54, 1.807) is 29.9 Å². The van der Waals surface area contributed by atoms with Crippen molar-refractivity contribution in [3.8, 4) is 11.3 Å². The molecule has 0 aliphatic heterocycles. The van der Waals surface area contributed by atoms with Crippen LogP contribution in [0.4, 0.5) is 10.2 Å². The van der Waals surface area contributed by atoms with Gasteiger partial charge in [-0.05, 0) is 31.0 Å². The van der Waals surface area contributed by atoms with Gasteiger partial charge in [-0.1, -0.05) is 6.92 Å². The number of halogens is 1. The minimum Gasteiger partial charge on any atom is -0.365 e. The summed E-state index contributed by atoms with van der Waals surface area (Å²) in [5.74, 6) is 0.280. The van der Waals surface area contributed by atoms with Gasteiger partial charge in [-0.3, -0.25) is 4.79 Å². The van der Waals surface area contributed by atoms with Crippen molar-refractivity contribution >= 4 is 28.5 Å². The van der Waals surface area contributed by atoms with Gasteiger partial charge in [-0.25, -0.2) is 14.4 Å². The molecule has 0 saturated heterocycles. The van der Waals surface area contributed by atoms with E-state index < -0.39 is 0 Å². The lowest BCUT2D eigenvalue weighted by molar-refractivity contribution is -0.120. The number of amides is 1. The zero-order valence-corrected chi connectivity index (χ0v) is 16.8. The third-order valence-electron chi connectivity index (χ3n) is 5.30. The van der Waals surface area contributed by atoms with Gasteiger partial charge < -0.3 is 15.2 Å². The van der Waals surface area contributed by atoms with Crippen LogP contribution in [0.15, 0.2) is 30.6 Å². The Morgan fingerprint density at radius 1 is 1.30 bits per heavy atom. The fourth-order valence-corrected chi connectivity index (χ4v) is 3.47. The van der Waals surface area contributed by atoms with Gasteiger partial charge in [0.2, 0.25) is 5.91 Å². The Morgan fingerprint density at radius 3 is 2.90 bits per heavy atom. The number of carbonyl (C=O) groups excluding carboxylic acids is 1. The standard InChI is InChI=1S/C21H22FN7O/c1-3-18(30)23-10-13-8-12(4-7-15(13)22)16-9-17-26-20(25-14-5-6-14)19-21(29(17)27-16)28(2)11-24-19/h4,7-9,11,14H,3,5-6,10H2,1-2H3,(H,23,30)(H,25,26). The predicted octanol–water partition coefficient (Wildman–Crippen LogP) is 3.02. The quantitative estimate of drug-likeness (QED) is 0.513. The lowest BCUT2D eigenvalue weighted by atomic mass is 10.1. The second kappa shape index (κ2) is 7.08. The maximum Gasteiger partial charge on any atom is 0.219 e. The highest BCUT2D eigenvalue weighted by Gasteiger charge is 2.24. The van der Waals surface area contributed by atoms with Crippen LogP contribution in [0.25, 0.3) is 28.1 Å². The van der Waals surface area contributed by atoms with Gasteiger partial charge >= 0.3 is 0 Å². The number of carbonyl (C=O) groups is 1. The third kappa shape index (κ3) is 3.26. The molecule has 8 nitrogen and oxygen atoms in total. The number of anilines is 1. The van der Waals surface area contributed by atoms with Crippen molar-refractivity contribution in [2.24, 2.45) is 7.05 Å².